The molecule has 5 heteroatoms. The molecule has 2 N–H and O–H groups in total. The van der Waals surface area contributed by atoms with Crippen LogP contribution in [0.3, 0.4) is 0 Å². The highest BCUT2D eigenvalue weighted by molar-refractivity contribution is 7.98. The second-order valence-electron chi connectivity index (χ2n) is 5.31. The molecule has 2 rings (SSSR count). The van der Waals surface area contributed by atoms with Crippen molar-refractivity contribution in [2.75, 3.05) is 19.9 Å². The van der Waals surface area contributed by atoms with Gasteiger partial charge in [-0.2, -0.15) is 0 Å². The summed E-state index contributed by atoms with van der Waals surface area (Å²) < 4.78 is 18.3. The minimum atomic E-state index is -0.676. The summed E-state index contributed by atoms with van der Waals surface area (Å²) in [5.41, 5.74) is 1.78. The largest absolute Gasteiger partial charge is 0.496 e. The van der Waals surface area contributed by atoms with Crippen LogP contribution in [0, 0.1) is 5.82 Å². The van der Waals surface area contributed by atoms with Crippen LogP contribution in [0.2, 0.25) is 0 Å². The molecule has 0 bridgehead atoms. The number of methoxy groups -OCH3 is 1. The minimum absolute atomic E-state index is 0.0647. The molecule has 0 radical (unpaired) electrons. The maximum Gasteiger partial charge on any atom is 0.132 e. The molecule has 2 atom stereocenters. The van der Waals surface area contributed by atoms with Gasteiger partial charge in [0.05, 0.1) is 13.2 Å². The summed E-state index contributed by atoms with van der Waals surface area (Å²) >= 11 is 1.64. The Balaban J connectivity index is 1.98. The Labute approximate surface area is 140 Å². The number of hydrogen-bond donors (Lipinski definition) is 2. The Hall–Kier alpha value is -1.56. The van der Waals surface area contributed by atoms with E-state index < -0.39 is 6.10 Å². The van der Waals surface area contributed by atoms with Crippen LogP contribution in [0.15, 0.2) is 47.4 Å². The van der Waals surface area contributed by atoms with Gasteiger partial charge >= 0.3 is 0 Å². The quantitative estimate of drug-likeness (QED) is 0.752. The molecule has 0 aromatic heterocycles. The zero-order valence-corrected chi connectivity index (χ0v) is 14.4. The molecule has 23 heavy (non-hydrogen) atoms. The summed E-state index contributed by atoms with van der Waals surface area (Å²) in [6, 6.07) is 12.1. The van der Waals surface area contributed by atoms with Gasteiger partial charge in [0.25, 0.3) is 0 Å². The highest BCUT2D eigenvalue weighted by atomic mass is 32.2. The Bertz CT molecular complexity index is 633. The molecule has 0 saturated carbocycles. The fourth-order valence-corrected chi connectivity index (χ4v) is 2.88. The average Bonchev–Trinajstić information content (AvgIpc) is 2.59. The van der Waals surface area contributed by atoms with Crippen molar-refractivity contribution in [3.63, 3.8) is 0 Å². The van der Waals surface area contributed by atoms with E-state index in [1.54, 1.807) is 31.0 Å². The number of aliphatic hydroxyl groups is 1. The van der Waals surface area contributed by atoms with Crippen molar-refractivity contribution >= 4 is 11.8 Å². The summed E-state index contributed by atoms with van der Waals surface area (Å²) in [6.07, 6.45) is 1.34. The van der Waals surface area contributed by atoms with Crippen molar-refractivity contribution in [1.29, 1.82) is 0 Å². The third-order valence-corrected chi connectivity index (χ3v) is 4.56. The monoisotopic (exact) mass is 335 g/mol. The topological polar surface area (TPSA) is 41.5 Å². The van der Waals surface area contributed by atoms with Gasteiger partial charge in [-0.15, -0.1) is 11.8 Å². The van der Waals surface area contributed by atoms with Crippen molar-refractivity contribution in [3.8, 4) is 5.75 Å². The van der Waals surface area contributed by atoms with Crippen LogP contribution in [0.25, 0.3) is 0 Å². The van der Waals surface area contributed by atoms with Crippen LogP contribution in [0.1, 0.15) is 30.2 Å². The van der Waals surface area contributed by atoms with Crippen LogP contribution in [0.5, 0.6) is 5.75 Å². The van der Waals surface area contributed by atoms with E-state index >= 15 is 0 Å². The number of ether oxygens (including phenoxy) is 1. The fourth-order valence-electron chi connectivity index (χ4n) is 2.33. The van der Waals surface area contributed by atoms with E-state index in [-0.39, 0.29) is 11.9 Å². The SMILES string of the molecule is COc1cc(C(C)NCC(O)c2ccc(F)cc2)ccc1SC. The van der Waals surface area contributed by atoms with Crippen LogP contribution in [-0.4, -0.2) is 25.0 Å². The lowest BCUT2D eigenvalue weighted by Crippen LogP contribution is -2.24. The lowest BCUT2D eigenvalue weighted by molar-refractivity contribution is 0.170. The average molecular weight is 335 g/mol. The van der Waals surface area contributed by atoms with E-state index in [1.807, 2.05) is 25.3 Å². The third-order valence-electron chi connectivity index (χ3n) is 3.78. The first-order chi connectivity index (χ1) is 11.0. The zero-order chi connectivity index (χ0) is 16.8. The van der Waals surface area contributed by atoms with E-state index in [0.29, 0.717) is 12.1 Å². The summed E-state index contributed by atoms with van der Waals surface area (Å²) in [7, 11) is 1.66. The summed E-state index contributed by atoms with van der Waals surface area (Å²) in [5.74, 6) is 0.547. The van der Waals surface area contributed by atoms with Crippen molar-refractivity contribution < 1.29 is 14.2 Å². The fraction of sp³-hybridized carbons (Fsp3) is 0.333. The number of benzene rings is 2. The molecule has 2 aromatic carbocycles. The number of halogens is 1. The van der Waals surface area contributed by atoms with E-state index in [4.69, 9.17) is 4.74 Å². The molecule has 0 aliphatic carbocycles. The molecule has 0 fully saturated rings. The lowest BCUT2D eigenvalue weighted by Gasteiger charge is -2.19. The lowest BCUT2D eigenvalue weighted by atomic mass is 10.1. The highest BCUT2D eigenvalue weighted by Crippen LogP contribution is 2.30. The first-order valence-electron chi connectivity index (χ1n) is 7.44. The summed E-state index contributed by atoms with van der Waals surface area (Å²) in [4.78, 5) is 1.09. The van der Waals surface area contributed by atoms with Gasteiger partial charge in [0.1, 0.15) is 11.6 Å². The van der Waals surface area contributed by atoms with Crippen LogP contribution in [0.4, 0.5) is 4.39 Å². The maximum absolute atomic E-state index is 12.9. The van der Waals surface area contributed by atoms with Crippen LogP contribution in [-0.2, 0) is 0 Å². The molecule has 0 saturated heterocycles. The van der Waals surface area contributed by atoms with E-state index in [1.165, 1.54) is 12.1 Å². The first kappa shape index (κ1) is 17.8. The van der Waals surface area contributed by atoms with Crippen molar-refractivity contribution in [2.45, 2.75) is 24.0 Å². The van der Waals surface area contributed by atoms with Crippen LogP contribution < -0.4 is 10.1 Å². The van der Waals surface area contributed by atoms with E-state index in [2.05, 4.69) is 11.4 Å². The number of thioether (sulfide) groups is 1. The molecular formula is C18H22FNO2S. The Morgan fingerprint density at radius 2 is 1.83 bits per heavy atom. The predicted molar refractivity (Wildman–Crippen MR) is 92.6 cm³/mol. The molecule has 0 amide bonds. The Morgan fingerprint density at radius 3 is 2.43 bits per heavy atom. The normalized spacial score (nSPS) is 13.6. The molecule has 124 valence electrons. The Kier molecular flexibility index (Phi) is 6.45. The first-order valence-corrected chi connectivity index (χ1v) is 8.66. The number of rotatable bonds is 7. The number of aliphatic hydroxyl groups excluding tert-OH is 1. The smallest absolute Gasteiger partial charge is 0.132 e. The van der Waals surface area contributed by atoms with Gasteiger partial charge in [0, 0.05) is 17.5 Å². The standard InChI is InChI=1S/C18H22FNO2S/c1-12(14-6-9-18(23-3)17(10-14)22-2)20-11-16(21)13-4-7-15(19)8-5-13/h4-10,12,16,20-21H,11H2,1-3H3. The highest BCUT2D eigenvalue weighted by Gasteiger charge is 2.12. The molecule has 0 heterocycles. The minimum Gasteiger partial charge on any atom is -0.496 e. The molecule has 0 aliphatic rings. The van der Waals surface area contributed by atoms with E-state index in [0.717, 1.165) is 16.2 Å². The van der Waals surface area contributed by atoms with Crippen molar-refractivity contribution in [1.82, 2.24) is 5.32 Å². The number of nitrogens with one attached hydrogen (secondary N) is 1. The van der Waals surface area contributed by atoms with Gasteiger partial charge in [-0.05, 0) is 48.6 Å². The molecule has 2 unspecified atom stereocenters. The second kappa shape index (κ2) is 8.34. The third kappa shape index (κ3) is 4.70. The maximum atomic E-state index is 12.9. The molecule has 2 aromatic rings. The predicted octanol–water partition coefficient (Wildman–Crippen LogP) is 3.94. The van der Waals surface area contributed by atoms with Gasteiger partial charge in [0.15, 0.2) is 0 Å². The molecule has 0 spiro atoms. The summed E-state index contributed by atoms with van der Waals surface area (Å²) in [6.45, 7) is 2.42. The Morgan fingerprint density at radius 1 is 1.17 bits per heavy atom. The number of hydrogen-bond acceptors (Lipinski definition) is 4. The molecule has 0 aliphatic heterocycles. The molecule has 3 nitrogen and oxygen atoms in total. The summed E-state index contributed by atoms with van der Waals surface area (Å²) in [5, 5.41) is 13.5. The van der Waals surface area contributed by atoms with Crippen molar-refractivity contribution in [3.05, 3.63) is 59.4 Å². The van der Waals surface area contributed by atoms with Gasteiger partial charge in [0.2, 0.25) is 0 Å². The van der Waals surface area contributed by atoms with Gasteiger partial charge < -0.3 is 15.2 Å². The molecular weight excluding hydrogens is 313 g/mol. The van der Waals surface area contributed by atoms with Crippen molar-refractivity contribution in [2.24, 2.45) is 0 Å². The van der Waals surface area contributed by atoms with Gasteiger partial charge in [-0.1, -0.05) is 18.2 Å². The van der Waals surface area contributed by atoms with Gasteiger partial charge in [-0.25, -0.2) is 4.39 Å². The second-order valence-corrected chi connectivity index (χ2v) is 6.16. The van der Waals surface area contributed by atoms with Crippen LogP contribution >= 0.6 is 11.8 Å². The zero-order valence-electron chi connectivity index (χ0n) is 13.5. The van der Waals surface area contributed by atoms with E-state index in [9.17, 15) is 9.50 Å². The van der Waals surface area contributed by atoms with Gasteiger partial charge in [-0.3, -0.25) is 0 Å².